The third-order valence-electron chi connectivity index (χ3n) is 4.23. The Balaban J connectivity index is 2.63. The Morgan fingerprint density at radius 2 is 1.62 bits per heavy atom. The molecule has 0 saturated carbocycles. The molecule has 0 spiro atoms. The molecular formula is C22H32O5Si2. The van der Waals surface area contributed by atoms with Gasteiger partial charge < -0.3 is 13.6 Å². The largest absolute Gasteiger partial charge is 0.542 e. The highest BCUT2D eigenvalue weighted by molar-refractivity contribution is 6.70. The molecule has 0 unspecified atom stereocenters. The monoisotopic (exact) mass is 432 g/mol. The number of methoxy groups -OCH3 is 1. The summed E-state index contributed by atoms with van der Waals surface area (Å²) in [5.41, 5.74) is 1.89. The molecule has 0 N–H and O–H groups in total. The summed E-state index contributed by atoms with van der Waals surface area (Å²) in [5.74, 6) is -0.112. The quantitative estimate of drug-likeness (QED) is 0.246. The Morgan fingerprint density at radius 3 is 2.14 bits per heavy atom. The van der Waals surface area contributed by atoms with Crippen LogP contribution in [0.5, 0.6) is 0 Å². The summed E-state index contributed by atoms with van der Waals surface area (Å²) in [4.78, 5) is 25.1. The number of esters is 1. The molecule has 7 heteroatoms. The van der Waals surface area contributed by atoms with Crippen molar-refractivity contribution < 1.29 is 23.2 Å². The third kappa shape index (κ3) is 6.71. The van der Waals surface area contributed by atoms with Crippen LogP contribution >= 0.6 is 0 Å². The fraction of sp³-hybridized carbons (Fsp3) is 0.455. The second-order valence-corrected chi connectivity index (χ2v) is 18.0. The summed E-state index contributed by atoms with van der Waals surface area (Å²) >= 11 is 0. The van der Waals surface area contributed by atoms with Crippen LogP contribution in [0, 0.1) is 0 Å². The van der Waals surface area contributed by atoms with Gasteiger partial charge in [-0.1, -0.05) is 30.3 Å². The van der Waals surface area contributed by atoms with Gasteiger partial charge >= 0.3 is 5.97 Å². The molecule has 2 rings (SSSR count). The SMILES string of the molecule is COC(=O)/C(=C/[C@H](C1=C(O[Si](C)(C)C)C(=O)CC1)c1ccccc1)O[Si](C)(C)C. The van der Waals surface area contributed by atoms with E-state index in [4.69, 9.17) is 13.6 Å². The standard InChI is InChI=1S/C22H32O5Si2/c1-25-22(24)20(26-28(2,3)4)15-18(16-11-9-8-10-12-16)17-13-14-19(23)21(17)27-29(5,6)7/h8-12,15,18H,13-14H2,1-7H3/b20-15-/t18-/m0/s1. The van der Waals surface area contributed by atoms with Gasteiger partial charge in [-0.25, -0.2) is 4.79 Å². The van der Waals surface area contributed by atoms with Gasteiger partial charge in [0.1, 0.15) is 5.76 Å². The van der Waals surface area contributed by atoms with Crippen molar-refractivity contribution in [2.24, 2.45) is 0 Å². The van der Waals surface area contributed by atoms with Crippen LogP contribution in [-0.2, 0) is 23.2 Å². The molecule has 0 aliphatic heterocycles. The molecule has 29 heavy (non-hydrogen) atoms. The topological polar surface area (TPSA) is 61.8 Å². The lowest BCUT2D eigenvalue weighted by Gasteiger charge is -2.25. The zero-order valence-corrected chi connectivity index (χ0v) is 20.5. The minimum Gasteiger partial charge on any atom is -0.542 e. The highest BCUT2D eigenvalue weighted by Gasteiger charge is 2.34. The predicted molar refractivity (Wildman–Crippen MR) is 119 cm³/mol. The van der Waals surface area contributed by atoms with Gasteiger partial charge in [-0.2, -0.15) is 0 Å². The molecule has 0 aromatic heterocycles. The van der Waals surface area contributed by atoms with E-state index in [1.807, 2.05) is 50.0 Å². The van der Waals surface area contributed by atoms with E-state index < -0.39 is 22.6 Å². The Morgan fingerprint density at radius 1 is 1.00 bits per heavy atom. The summed E-state index contributed by atoms with van der Waals surface area (Å²) < 4.78 is 17.2. The summed E-state index contributed by atoms with van der Waals surface area (Å²) in [5, 5.41) is 0. The zero-order valence-electron chi connectivity index (χ0n) is 18.5. The molecule has 0 saturated heterocycles. The molecule has 0 radical (unpaired) electrons. The molecule has 5 nitrogen and oxygen atoms in total. The number of allylic oxidation sites excluding steroid dienone is 3. The summed E-state index contributed by atoms with van der Waals surface area (Å²) in [6.45, 7) is 12.2. The maximum Gasteiger partial charge on any atom is 0.371 e. The first kappa shape index (κ1) is 23.2. The third-order valence-corrected chi connectivity index (χ3v) is 5.88. The van der Waals surface area contributed by atoms with Gasteiger partial charge in [0.05, 0.1) is 7.11 Å². The molecule has 1 aliphatic carbocycles. The van der Waals surface area contributed by atoms with Crippen molar-refractivity contribution in [2.45, 2.75) is 58.0 Å². The van der Waals surface area contributed by atoms with E-state index in [0.717, 1.165) is 11.1 Å². The van der Waals surface area contributed by atoms with E-state index in [0.29, 0.717) is 18.6 Å². The van der Waals surface area contributed by atoms with Gasteiger partial charge in [-0.3, -0.25) is 4.79 Å². The molecule has 158 valence electrons. The Kier molecular flexibility index (Phi) is 7.29. The van der Waals surface area contributed by atoms with Crippen LogP contribution in [0.15, 0.2) is 53.5 Å². The van der Waals surface area contributed by atoms with Gasteiger partial charge in [-0.05, 0) is 62.9 Å². The number of hydrogen-bond donors (Lipinski definition) is 0. The summed E-state index contributed by atoms with van der Waals surface area (Å²) in [6.07, 6.45) is 2.83. The molecule has 0 bridgehead atoms. The van der Waals surface area contributed by atoms with Crippen LogP contribution in [0.4, 0.5) is 0 Å². The van der Waals surface area contributed by atoms with E-state index in [1.165, 1.54) is 7.11 Å². The molecule has 0 heterocycles. The highest BCUT2D eigenvalue weighted by atomic mass is 28.4. The Labute approximate surface area is 176 Å². The maximum atomic E-state index is 12.6. The maximum absolute atomic E-state index is 12.6. The van der Waals surface area contributed by atoms with Crippen LogP contribution in [0.3, 0.4) is 0 Å². The van der Waals surface area contributed by atoms with Crippen LogP contribution in [-0.4, -0.2) is 35.5 Å². The fourth-order valence-corrected chi connectivity index (χ4v) is 4.83. The number of hydrogen-bond acceptors (Lipinski definition) is 5. The van der Waals surface area contributed by atoms with Crippen molar-refractivity contribution >= 4 is 28.4 Å². The van der Waals surface area contributed by atoms with E-state index in [2.05, 4.69) is 19.6 Å². The fourth-order valence-electron chi connectivity index (χ4n) is 3.16. The molecule has 1 aliphatic rings. The molecular weight excluding hydrogens is 400 g/mol. The number of ether oxygens (including phenoxy) is 1. The number of ketones is 1. The number of benzene rings is 1. The smallest absolute Gasteiger partial charge is 0.371 e. The van der Waals surface area contributed by atoms with E-state index in [9.17, 15) is 9.59 Å². The van der Waals surface area contributed by atoms with Crippen LogP contribution in [0.1, 0.15) is 24.3 Å². The van der Waals surface area contributed by atoms with Crippen LogP contribution in [0.2, 0.25) is 39.3 Å². The van der Waals surface area contributed by atoms with Crippen molar-refractivity contribution in [3.63, 3.8) is 0 Å². The van der Waals surface area contributed by atoms with Crippen molar-refractivity contribution in [3.05, 3.63) is 59.1 Å². The van der Waals surface area contributed by atoms with Crippen molar-refractivity contribution in [1.82, 2.24) is 0 Å². The van der Waals surface area contributed by atoms with Crippen molar-refractivity contribution in [3.8, 4) is 0 Å². The normalized spacial score (nSPS) is 16.7. The molecule has 1 aromatic rings. The Bertz CT molecular complexity index is 814. The molecule has 0 amide bonds. The molecule has 1 atom stereocenters. The number of rotatable bonds is 8. The first-order valence-corrected chi connectivity index (χ1v) is 16.7. The minimum atomic E-state index is -2.05. The van der Waals surface area contributed by atoms with Gasteiger partial charge in [0.2, 0.25) is 16.6 Å². The average Bonchev–Trinajstić information content (AvgIpc) is 2.96. The number of carbonyl (C=O) groups excluding carboxylic acids is 2. The van der Waals surface area contributed by atoms with Gasteiger partial charge in [0.15, 0.2) is 11.5 Å². The number of carbonyl (C=O) groups is 2. The zero-order chi connectivity index (χ0) is 21.8. The number of Topliss-reactive ketones (excluding diaryl/α,β-unsaturated/α-hetero) is 1. The van der Waals surface area contributed by atoms with Crippen LogP contribution < -0.4 is 0 Å². The Hall–Kier alpha value is -2.13. The lowest BCUT2D eigenvalue weighted by Crippen LogP contribution is -2.28. The predicted octanol–water partition coefficient (Wildman–Crippen LogP) is 5.15. The van der Waals surface area contributed by atoms with Gasteiger partial charge in [0, 0.05) is 12.3 Å². The lowest BCUT2D eigenvalue weighted by atomic mass is 9.89. The molecule has 0 fully saturated rings. The minimum absolute atomic E-state index is 0.0301. The first-order chi connectivity index (χ1) is 13.4. The average molecular weight is 433 g/mol. The van der Waals surface area contributed by atoms with E-state index in [1.54, 1.807) is 6.08 Å². The molecule has 1 aromatic carbocycles. The summed E-state index contributed by atoms with van der Waals surface area (Å²) in [6, 6.07) is 9.82. The van der Waals surface area contributed by atoms with Crippen LogP contribution in [0.25, 0.3) is 0 Å². The van der Waals surface area contributed by atoms with Gasteiger partial charge in [-0.15, -0.1) is 0 Å². The second kappa shape index (κ2) is 9.13. The highest BCUT2D eigenvalue weighted by Crippen LogP contribution is 2.39. The summed E-state index contributed by atoms with van der Waals surface area (Å²) in [7, 11) is -2.68. The van der Waals surface area contributed by atoms with Crippen molar-refractivity contribution in [2.75, 3.05) is 7.11 Å². The lowest BCUT2D eigenvalue weighted by molar-refractivity contribution is -0.138. The van der Waals surface area contributed by atoms with E-state index >= 15 is 0 Å². The van der Waals surface area contributed by atoms with E-state index in [-0.39, 0.29) is 17.5 Å². The van der Waals surface area contributed by atoms with Crippen molar-refractivity contribution in [1.29, 1.82) is 0 Å². The van der Waals surface area contributed by atoms with Gasteiger partial charge in [0.25, 0.3) is 0 Å². The first-order valence-electron chi connectivity index (χ1n) is 9.90. The second-order valence-electron chi connectivity index (χ2n) is 9.12.